The van der Waals surface area contributed by atoms with Crippen LogP contribution in [0.3, 0.4) is 0 Å². The number of nitrogens with one attached hydrogen (secondary N) is 2. The van der Waals surface area contributed by atoms with Crippen LogP contribution < -0.4 is 10.1 Å². The summed E-state index contributed by atoms with van der Waals surface area (Å²) in [6.45, 7) is 6.50. The van der Waals surface area contributed by atoms with E-state index in [1.807, 2.05) is 66.9 Å². The van der Waals surface area contributed by atoms with E-state index in [-0.39, 0.29) is 5.41 Å². The molecule has 0 aliphatic carbocycles. The summed E-state index contributed by atoms with van der Waals surface area (Å²) in [5.41, 5.74) is 3.85. The van der Waals surface area contributed by atoms with Gasteiger partial charge in [-0.15, -0.1) is 0 Å². The molecule has 2 aromatic carbocycles. The highest BCUT2D eigenvalue weighted by molar-refractivity contribution is 5.65. The minimum absolute atomic E-state index is 0.0371. The molecule has 5 heteroatoms. The Morgan fingerprint density at radius 3 is 2.41 bits per heavy atom. The van der Waals surface area contributed by atoms with Gasteiger partial charge in [-0.2, -0.15) is 0 Å². The summed E-state index contributed by atoms with van der Waals surface area (Å²) in [5.74, 6) is 1.93. The molecule has 2 aromatic heterocycles. The number of hydrogen-bond acceptors (Lipinski definition) is 4. The maximum absolute atomic E-state index is 6.22. The number of H-pyrrole nitrogens is 1. The quantitative estimate of drug-likeness (QED) is 0.423. The van der Waals surface area contributed by atoms with Crippen LogP contribution in [-0.4, -0.2) is 15.0 Å². The first-order chi connectivity index (χ1) is 14.0. The van der Waals surface area contributed by atoms with Crippen LogP contribution in [0.15, 0.2) is 79.1 Å². The Labute approximate surface area is 170 Å². The predicted molar refractivity (Wildman–Crippen MR) is 117 cm³/mol. The number of hydrogen-bond donors (Lipinski definition) is 2. The van der Waals surface area contributed by atoms with Crippen LogP contribution in [0.5, 0.6) is 11.6 Å². The van der Waals surface area contributed by atoms with Crippen LogP contribution >= 0.6 is 0 Å². The first-order valence-corrected chi connectivity index (χ1v) is 9.60. The lowest BCUT2D eigenvalue weighted by Crippen LogP contribution is -2.12. The van der Waals surface area contributed by atoms with E-state index in [4.69, 9.17) is 4.74 Å². The van der Waals surface area contributed by atoms with E-state index >= 15 is 0 Å². The van der Waals surface area contributed by atoms with Crippen molar-refractivity contribution in [3.63, 3.8) is 0 Å². The Hall–Kier alpha value is -3.60. The third-order valence-corrected chi connectivity index (χ3v) is 4.59. The van der Waals surface area contributed by atoms with Gasteiger partial charge in [0.15, 0.2) is 0 Å². The molecule has 0 bridgehead atoms. The van der Waals surface area contributed by atoms with E-state index in [1.165, 1.54) is 0 Å². The molecule has 0 saturated carbocycles. The van der Waals surface area contributed by atoms with Crippen LogP contribution in [0.2, 0.25) is 0 Å². The summed E-state index contributed by atoms with van der Waals surface area (Å²) in [6, 6.07) is 21.9. The van der Waals surface area contributed by atoms with Gasteiger partial charge in [0.2, 0.25) is 11.8 Å². The van der Waals surface area contributed by atoms with Gasteiger partial charge in [-0.1, -0.05) is 69.3 Å². The molecule has 29 heavy (non-hydrogen) atoms. The van der Waals surface area contributed by atoms with Crippen LogP contribution in [0.1, 0.15) is 26.3 Å². The van der Waals surface area contributed by atoms with Gasteiger partial charge in [0, 0.05) is 11.8 Å². The number of aromatic nitrogens is 3. The summed E-state index contributed by atoms with van der Waals surface area (Å²) in [7, 11) is 0. The van der Waals surface area contributed by atoms with Gasteiger partial charge in [0.25, 0.3) is 0 Å². The number of para-hydroxylation sites is 1. The number of imidazole rings is 1. The number of aromatic amines is 1. The van der Waals surface area contributed by atoms with E-state index in [0.717, 1.165) is 28.3 Å². The van der Waals surface area contributed by atoms with Gasteiger partial charge in [-0.05, 0) is 29.2 Å². The SMILES string of the molecule is CC(C)(C)c1ccccc1Oc1ncccc1Nc1ncc(-c2ccccc2)[nH]1. The highest BCUT2D eigenvalue weighted by Crippen LogP contribution is 2.36. The van der Waals surface area contributed by atoms with Crippen LogP contribution in [0, 0.1) is 0 Å². The molecule has 146 valence electrons. The summed E-state index contributed by atoms with van der Waals surface area (Å²) in [6.07, 6.45) is 3.53. The summed E-state index contributed by atoms with van der Waals surface area (Å²) < 4.78 is 6.22. The molecule has 0 fully saturated rings. The molecular formula is C24H24N4O. The molecule has 0 unspecified atom stereocenters. The van der Waals surface area contributed by atoms with Gasteiger partial charge in [-0.3, -0.25) is 0 Å². The van der Waals surface area contributed by atoms with E-state index in [0.29, 0.717) is 11.8 Å². The maximum Gasteiger partial charge on any atom is 0.243 e. The molecule has 0 radical (unpaired) electrons. The first kappa shape index (κ1) is 18.7. The van der Waals surface area contributed by atoms with Crippen molar-refractivity contribution in [2.45, 2.75) is 26.2 Å². The Morgan fingerprint density at radius 1 is 0.862 bits per heavy atom. The maximum atomic E-state index is 6.22. The van der Waals surface area contributed by atoms with Crippen molar-refractivity contribution in [3.05, 3.63) is 84.7 Å². The number of ether oxygens (including phenoxy) is 1. The molecule has 0 aliphatic heterocycles. The van der Waals surface area contributed by atoms with Crippen molar-refractivity contribution in [2.24, 2.45) is 0 Å². The first-order valence-electron chi connectivity index (χ1n) is 9.60. The van der Waals surface area contributed by atoms with E-state index in [1.54, 1.807) is 6.20 Å². The fourth-order valence-corrected chi connectivity index (χ4v) is 3.12. The highest BCUT2D eigenvalue weighted by atomic mass is 16.5. The molecular weight excluding hydrogens is 360 g/mol. The molecule has 0 saturated heterocycles. The number of anilines is 2. The standard InChI is InChI=1S/C24H24N4O/c1-24(2,3)18-12-7-8-14-21(18)29-22-19(13-9-15-25-22)27-23-26-16-20(28-23)17-10-5-4-6-11-17/h4-16H,1-3H3,(H2,26,27,28). The average Bonchev–Trinajstić information content (AvgIpc) is 3.18. The average molecular weight is 384 g/mol. The Balaban J connectivity index is 1.60. The Kier molecular flexibility index (Phi) is 5.04. The zero-order valence-corrected chi connectivity index (χ0v) is 16.8. The van der Waals surface area contributed by atoms with E-state index in [2.05, 4.69) is 47.1 Å². The lowest BCUT2D eigenvalue weighted by atomic mass is 9.86. The summed E-state index contributed by atoms with van der Waals surface area (Å²) >= 11 is 0. The zero-order chi connectivity index (χ0) is 20.3. The Morgan fingerprint density at radius 2 is 1.62 bits per heavy atom. The van der Waals surface area contributed by atoms with E-state index < -0.39 is 0 Å². The van der Waals surface area contributed by atoms with Gasteiger partial charge in [0.05, 0.1) is 11.9 Å². The fourth-order valence-electron chi connectivity index (χ4n) is 3.12. The van der Waals surface area contributed by atoms with Crippen LogP contribution in [0.25, 0.3) is 11.3 Å². The number of pyridine rings is 1. The van der Waals surface area contributed by atoms with Gasteiger partial charge >= 0.3 is 0 Å². The largest absolute Gasteiger partial charge is 0.437 e. The van der Waals surface area contributed by atoms with Crippen molar-refractivity contribution >= 4 is 11.6 Å². The van der Waals surface area contributed by atoms with Crippen molar-refractivity contribution in [1.82, 2.24) is 15.0 Å². The fraction of sp³-hybridized carbons (Fsp3) is 0.167. The number of nitrogens with zero attached hydrogens (tertiary/aromatic N) is 2. The number of rotatable bonds is 5. The normalized spacial score (nSPS) is 11.3. The van der Waals surface area contributed by atoms with Crippen molar-refractivity contribution in [1.29, 1.82) is 0 Å². The van der Waals surface area contributed by atoms with Gasteiger partial charge in [-0.25, -0.2) is 9.97 Å². The van der Waals surface area contributed by atoms with E-state index in [9.17, 15) is 0 Å². The second kappa shape index (κ2) is 7.80. The third kappa shape index (κ3) is 4.29. The monoisotopic (exact) mass is 384 g/mol. The summed E-state index contributed by atoms with van der Waals surface area (Å²) in [4.78, 5) is 12.2. The van der Waals surface area contributed by atoms with Crippen molar-refractivity contribution in [3.8, 4) is 22.9 Å². The molecule has 0 aliphatic rings. The molecule has 2 heterocycles. The second-order valence-electron chi connectivity index (χ2n) is 7.84. The summed E-state index contributed by atoms with van der Waals surface area (Å²) in [5, 5.41) is 3.29. The second-order valence-corrected chi connectivity index (χ2v) is 7.84. The van der Waals surface area contributed by atoms with Crippen molar-refractivity contribution in [2.75, 3.05) is 5.32 Å². The third-order valence-electron chi connectivity index (χ3n) is 4.59. The van der Waals surface area contributed by atoms with Crippen LogP contribution in [-0.2, 0) is 5.41 Å². The minimum Gasteiger partial charge on any atom is -0.437 e. The Bertz CT molecular complexity index is 1100. The molecule has 4 rings (SSSR count). The zero-order valence-electron chi connectivity index (χ0n) is 16.8. The molecule has 2 N–H and O–H groups in total. The molecule has 0 amide bonds. The molecule has 5 nitrogen and oxygen atoms in total. The number of benzene rings is 2. The van der Waals surface area contributed by atoms with Crippen molar-refractivity contribution < 1.29 is 4.74 Å². The van der Waals surface area contributed by atoms with Crippen LogP contribution in [0.4, 0.5) is 11.6 Å². The molecule has 4 aromatic rings. The lowest BCUT2D eigenvalue weighted by Gasteiger charge is -2.22. The smallest absolute Gasteiger partial charge is 0.243 e. The van der Waals surface area contributed by atoms with Gasteiger partial charge < -0.3 is 15.0 Å². The predicted octanol–water partition coefficient (Wildman–Crippen LogP) is 6.31. The lowest BCUT2D eigenvalue weighted by molar-refractivity contribution is 0.442. The minimum atomic E-state index is -0.0371. The highest BCUT2D eigenvalue weighted by Gasteiger charge is 2.20. The molecule has 0 spiro atoms. The molecule has 0 atom stereocenters. The topological polar surface area (TPSA) is 62.8 Å². The van der Waals surface area contributed by atoms with Gasteiger partial charge in [0.1, 0.15) is 11.4 Å².